The molecular weight excluding hydrogens is 384 g/mol. The number of carbonyl (C=O) groups excluding carboxylic acids is 2. The molecule has 1 aromatic carbocycles. The fourth-order valence-corrected chi connectivity index (χ4v) is 3.43. The first kappa shape index (κ1) is 19.8. The van der Waals surface area contributed by atoms with Gasteiger partial charge in [0.15, 0.2) is 5.82 Å². The lowest BCUT2D eigenvalue weighted by molar-refractivity contribution is -0.132. The molecule has 9 nitrogen and oxygen atoms in total. The van der Waals surface area contributed by atoms with Crippen molar-refractivity contribution >= 4 is 17.6 Å². The van der Waals surface area contributed by atoms with Gasteiger partial charge in [-0.1, -0.05) is 23.4 Å². The number of hydrogen-bond acceptors (Lipinski definition) is 6. The zero-order valence-electron chi connectivity index (χ0n) is 16.8. The van der Waals surface area contributed by atoms with Gasteiger partial charge in [-0.3, -0.25) is 14.5 Å². The molecule has 1 saturated heterocycles. The lowest BCUT2D eigenvalue weighted by Crippen LogP contribution is -2.50. The van der Waals surface area contributed by atoms with Crippen molar-refractivity contribution < 1.29 is 14.1 Å². The number of rotatable bonds is 6. The van der Waals surface area contributed by atoms with Crippen molar-refractivity contribution in [2.75, 3.05) is 38.0 Å². The Kier molecular flexibility index (Phi) is 5.89. The molecule has 1 aliphatic rings. The summed E-state index contributed by atoms with van der Waals surface area (Å²) in [6.45, 7) is 4.54. The Labute approximate surface area is 174 Å². The van der Waals surface area contributed by atoms with Crippen LogP contribution in [0.25, 0.3) is 5.69 Å². The number of nitrogens with one attached hydrogen (secondary N) is 1. The fourth-order valence-electron chi connectivity index (χ4n) is 3.43. The second-order valence-corrected chi connectivity index (χ2v) is 7.33. The van der Waals surface area contributed by atoms with E-state index in [1.807, 2.05) is 46.3 Å². The van der Waals surface area contributed by atoms with Crippen molar-refractivity contribution in [1.82, 2.24) is 24.7 Å². The van der Waals surface area contributed by atoms with Crippen LogP contribution >= 0.6 is 0 Å². The van der Waals surface area contributed by atoms with Gasteiger partial charge >= 0.3 is 0 Å². The summed E-state index contributed by atoms with van der Waals surface area (Å²) in [7, 11) is 0. The number of hydrogen-bond donors (Lipinski definition) is 1. The molecule has 0 saturated carbocycles. The maximum atomic E-state index is 12.7. The summed E-state index contributed by atoms with van der Waals surface area (Å²) in [4.78, 5) is 28.7. The number of para-hydroxylation sites is 1. The summed E-state index contributed by atoms with van der Waals surface area (Å²) in [5, 5.41) is 10.8. The van der Waals surface area contributed by atoms with E-state index in [-0.39, 0.29) is 18.4 Å². The summed E-state index contributed by atoms with van der Waals surface area (Å²) < 4.78 is 6.72. The van der Waals surface area contributed by atoms with Gasteiger partial charge in [-0.15, -0.1) is 0 Å². The number of nitrogens with zero attached hydrogens (tertiary/aromatic N) is 5. The van der Waals surface area contributed by atoms with Crippen molar-refractivity contribution in [2.45, 2.75) is 13.3 Å². The van der Waals surface area contributed by atoms with Crippen molar-refractivity contribution in [3.63, 3.8) is 0 Å². The number of benzene rings is 1. The van der Waals surface area contributed by atoms with Crippen molar-refractivity contribution in [3.8, 4) is 5.69 Å². The molecular formula is C21H24N6O3. The largest absolute Gasteiger partial charge is 0.360 e. The van der Waals surface area contributed by atoms with Gasteiger partial charge < -0.3 is 14.7 Å². The van der Waals surface area contributed by atoms with Crippen molar-refractivity contribution in [1.29, 1.82) is 0 Å². The van der Waals surface area contributed by atoms with Crippen LogP contribution in [-0.4, -0.2) is 69.3 Å². The maximum absolute atomic E-state index is 12.7. The highest BCUT2D eigenvalue weighted by molar-refractivity contribution is 5.91. The fraction of sp³-hybridized carbons (Fsp3) is 0.333. The quantitative estimate of drug-likeness (QED) is 0.664. The molecule has 0 bridgehead atoms. The van der Waals surface area contributed by atoms with E-state index in [0.29, 0.717) is 44.2 Å². The Morgan fingerprint density at radius 3 is 2.60 bits per heavy atom. The number of anilines is 1. The van der Waals surface area contributed by atoms with Crippen LogP contribution in [-0.2, 0) is 16.0 Å². The molecule has 1 aliphatic heterocycles. The minimum absolute atomic E-state index is 0.0739. The SMILES string of the molecule is Cc1cc(NC(=O)CN2CCN(C(=O)Cc3cnn(-c4ccccc4)c3)CC2)no1. The molecule has 1 fully saturated rings. The minimum Gasteiger partial charge on any atom is -0.360 e. The minimum atomic E-state index is -0.142. The molecule has 4 rings (SSSR count). The average molecular weight is 408 g/mol. The van der Waals surface area contributed by atoms with E-state index in [9.17, 15) is 9.59 Å². The topological polar surface area (TPSA) is 96.5 Å². The molecule has 9 heteroatoms. The van der Waals surface area contributed by atoms with E-state index in [2.05, 4.69) is 15.6 Å². The average Bonchev–Trinajstić information content (AvgIpc) is 3.38. The third kappa shape index (κ3) is 4.93. The van der Waals surface area contributed by atoms with E-state index >= 15 is 0 Å². The summed E-state index contributed by atoms with van der Waals surface area (Å²) in [5.74, 6) is 0.996. The van der Waals surface area contributed by atoms with E-state index < -0.39 is 0 Å². The normalized spacial score (nSPS) is 14.6. The Bertz CT molecular complexity index is 1000. The van der Waals surface area contributed by atoms with Crippen LogP contribution in [0.5, 0.6) is 0 Å². The van der Waals surface area contributed by atoms with E-state index in [1.54, 1.807) is 23.9 Å². The molecule has 2 amide bonds. The van der Waals surface area contributed by atoms with Crippen molar-refractivity contribution in [3.05, 3.63) is 60.1 Å². The van der Waals surface area contributed by atoms with Crippen LogP contribution in [0.15, 0.2) is 53.3 Å². The Balaban J connectivity index is 1.23. The van der Waals surface area contributed by atoms with E-state index in [4.69, 9.17) is 4.52 Å². The Morgan fingerprint density at radius 2 is 1.90 bits per heavy atom. The molecule has 1 N–H and O–H groups in total. The molecule has 0 aliphatic carbocycles. The highest BCUT2D eigenvalue weighted by atomic mass is 16.5. The molecule has 0 spiro atoms. The Morgan fingerprint density at radius 1 is 1.13 bits per heavy atom. The highest BCUT2D eigenvalue weighted by Gasteiger charge is 2.23. The smallest absolute Gasteiger partial charge is 0.239 e. The van der Waals surface area contributed by atoms with Gasteiger partial charge in [0.1, 0.15) is 5.76 Å². The summed E-state index contributed by atoms with van der Waals surface area (Å²) in [6.07, 6.45) is 3.94. The van der Waals surface area contributed by atoms with Crippen LogP contribution in [0.2, 0.25) is 0 Å². The van der Waals surface area contributed by atoms with Gasteiger partial charge in [-0.2, -0.15) is 5.10 Å². The zero-order chi connectivity index (χ0) is 20.9. The number of aryl methyl sites for hydroxylation is 1. The van der Waals surface area contributed by atoms with Crippen LogP contribution in [0.1, 0.15) is 11.3 Å². The third-order valence-electron chi connectivity index (χ3n) is 5.00. The van der Waals surface area contributed by atoms with Gasteiger partial charge in [-0.05, 0) is 24.6 Å². The van der Waals surface area contributed by atoms with Crippen LogP contribution in [0.4, 0.5) is 5.82 Å². The zero-order valence-corrected chi connectivity index (χ0v) is 16.8. The van der Waals surface area contributed by atoms with E-state index in [1.165, 1.54) is 0 Å². The van der Waals surface area contributed by atoms with Crippen LogP contribution < -0.4 is 5.32 Å². The predicted octanol–water partition coefficient (Wildman–Crippen LogP) is 1.49. The predicted molar refractivity (Wildman–Crippen MR) is 110 cm³/mol. The number of carbonyl (C=O) groups is 2. The van der Waals surface area contributed by atoms with Gasteiger partial charge in [0.2, 0.25) is 11.8 Å². The van der Waals surface area contributed by atoms with Gasteiger partial charge in [-0.25, -0.2) is 4.68 Å². The summed E-state index contributed by atoms with van der Waals surface area (Å²) in [5.41, 5.74) is 1.84. The molecule has 3 aromatic rings. The first-order chi connectivity index (χ1) is 14.6. The number of aromatic nitrogens is 3. The second kappa shape index (κ2) is 8.91. The molecule has 0 radical (unpaired) electrons. The number of piperazine rings is 1. The second-order valence-electron chi connectivity index (χ2n) is 7.33. The molecule has 156 valence electrons. The maximum Gasteiger partial charge on any atom is 0.239 e. The first-order valence-electron chi connectivity index (χ1n) is 9.89. The summed E-state index contributed by atoms with van der Waals surface area (Å²) in [6, 6.07) is 11.5. The highest BCUT2D eigenvalue weighted by Crippen LogP contribution is 2.11. The number of amides is 2. The molecule has 30 heavy (non-hydrogen) atoms. The van der Waals surface area contributed by atoms with Crippen LogP contribution in [0, 0.1) is 6.92 Å². The van der Waals surface area contributed by atoms with Gasteiger partial charge in [0.25, 0.3) is 0 Å². The molecule has 3 heterocycles. The van der Waals surface area contributed by atoms with Crippen molar-refractivity contribution in [2.24, 2.45) is 0 Å². The monoisotopic (exact) mass is 408 g/mol. The lowest BCUT2D eigenvalue weighted by atomic mass is 10.2. The van der Waals surface area contributed by atoms with E-state index in [0.717, 1.165) is 11.3 Å². The van der Waals surface area contributed by atoms with Gasteiger partial charge in [0, 0.05) is 38.4 Å². The van der Waals surface area contributed by atoms with Crippen LogP contribution in [0.3, 0.4) is 0 Å². The molecule has 0 atom stereocenters. The first-order valence-corrected chi connectivity index (χ1v) is 9.89. The Hall–Kier alpha value is -3.46. The van der Waals surface area contributed by atoms with Gasteiger partial charge in [0.05, 0.1) is 24.8 Å². The third-order valence-corrected chi connectivity index (χ3v) is 5.00. The summed E-state index contributed by atoms with van der Waals surface area (Å²) >= 11 is 0. The molecule has 2 aromatic heterocycles. The standard InChI is InChI=1S/C21H24N6O3/c1-16-11-19(24-30-16)23-20(28)15-25-7-9-26(10-8-25)21(29)12-17-13-22-27(14-17)18-5-3-2-4-6-18/h2-6,11,13-14H,7-10,12,15H2,1H3,(H,23,24,28). The molecule has 0 unspecified atom stereocenters. The lowest BCUT2D eigenvalue weighted by Gasteiger charge is -2.34.